The third kappa shape index (κ3) is 4.11. The van der Waals surface area contributed by atoms with Crippen LogP contribution in [0, 0.1) is 0 Å². The average molecular weight is 361 g/mol. The van der Waals surface area contributed by atoms with Gasteiger partial charge in [0.15, 0.2) is 0 Å². The van der Waals surface area contributed by atoms with Gasteiger partial charge in [-0.2, -0.15) is 0 Å². The summed E-state index contributed by atoms with van der Waals surface area (Å²) in [6, 6.07) is 1.49. The van der Waals surface area contributed by atoms with E-state index in [0.717, 1.165) is 47.9 Å². The zero-order chi connectivity index (χ0) is 18.0. The van der Waals surface area contributed by atoms with Crippen molar-refractivity contribution in [3.05, 3.63) is 45.9 Å². The predicted octanol–water partition coefficient (Wildman–Crippen LogP) is 2.27. The minimum Gasteiger partial charge on any atom is -0.306 e. The van der Waals surface area contributed by atoms with Gasteiger partial charge in [0, 0.05) is 17.5 Å². The zero-order valence-corrected chi connectivity index (χ0v) is 15.3. The third-order valence-electron chi connectivity index (χ3n) is 4.37. The van der Waals surface area contributed by atoms with Gasteiger partial charge >= 0.3 is 6.03 Å². The number of hydrogen-bond acceptors (Lipinski definition) is 4. The quantitative estimate of drug-likeness (QED) is 0.843. The van der Waals surface area contributed by atoms with E-state index >= 15 is 0 Å². The van der Waals surface area contributed by atoms with Crippen LogP contribution < -0.4 is 10.0 Å². The van der Waals surface area contributed by atoms with Crippen molar-refractivity contribution >= 4 is 27.8 Å². The van der Waals surface area contributed by atoms with Gasteiger partial charge in [0.05, 0.1) is 5.69 Å². The number of nitrogens with zero attached hydrogens (tertiary/aromatic N) is 1. The Kier molecular flexibility index (Phi) is 4.96. The lowest BCUT2D eigenvalue weighted by Crippen LogP contribution is -2.33. The van der Waals surface area contributed by atoms with E-state index in [1.807, 2.05) is 25.1 Å². The molecule has 0 atom stereocenters. The number of allylic oxidation sites excluding steroid dienone is 1. The zero-order valence-electron chi connectivity index (χ0n) is 14.5. The summed E-state index contributed by atoms with van der Waals surface area (Å²) in [5.74, 6) is 0. The molecule has 25 heavy (non-hydrogen) atoms. The third-order valence-corrected chi connectivity index (χ3v) is 5.39. The summed E-state index contributed by atoms with van der Waals surface area (Å²) < 4.78 is 26.0. The normalized spacial score (nSPS) is 15.6. The second kappa shape index (κ2) is 7.01. The molecule has 0 heterocycles. The molecule has 2 aliphatic rings. The first-order valence-electron chi connectivity index (χ1n) is 8.35. The van der Waals surface area contributed by atoms with Gasteiger partial charge in [-0.3, -0.25) is 0 Å². The summed E-state index contributed by atoms with van der Waals surface area (Å²) in [6.45, 7) is 0.479. The molecule has 0 unspecified atom stereocenters. The fraction of sp³-hybridized carbons (Fsp3) is 0.389. The molecule has 0 aliphatic heterocycles. The van der Waals surface area contributed by atoms with Crippen molar-refractivity contribution in [3.8, 4) is 0 Å². The summed E-state index contributed by atoms with van der Waals surface area (Å²) in [7, 11) is -0.143. The molecule has 2 aliphatic carbocycles. The number of likely N-dealkylation sites (N-methyl/N-ethyl adjacent to an activating group) is 1. The van der Waals surface area contributed by atoms with E-state index in [1.54, 1.807) is 0 Å². The Morgan fingerprint density at radius 3 is 2.84 bits per heavy atom. The predicted molar refractivity (Wildman–Crippen MR) is 100.0 cm³/mol. The average Bonchev–Trinajstić information content (AvgIpc) is 3.14. The summed E-state index contributed by atoms with van der Waals surface area (Å²) in [5, 5.41) is 3.79. The summed E-state index contributed by atoms with van der Waals surface area (Å²) in [4.78, 5) is 14.1. The van der Waals surface area contributed by atoms with Gasteiger partial charge in [0.25, 0.3) is 10.0 Å². The molecule has 0 aromatic heterocycles. The van der Waals surface area contributed by atoms with Crippen molar-refractivity contribution in [1.82, 2.24) is 9.62 Å². The molecule has 3 rings (SSSR count). The van der Waals surface area contributed by atoms with Crippen LogP contribution in [0.25, 0.3) is 6.08 Å². The fourth-order valence-corrected chi connectivity index (χ4v) is 4.03. The van der Waals surface area contributed by atoms with Crippen molar-refractivity contribution in [1.29, 1.82) is 0 Å². The van der Waals surface area contributed by atoms with E-state index < -0.39 is 16.1 Å². The van der Waals surface area contributed by atoms with Crippen molar-refractivity contribution in [3.63, 3.8) is 0 Å². The fourth-order valence-electron chi connectivity index (χ4n) is 3.31. The van der Waals surface area contributed by atoms with Crippen LogP contribution in [0.15, 0.2) is 23.6 Å². The number of aryl methyl sites for hydroxylation is 1. The Morgan fingerprint density at radius 2 is 2.08 bits per heavy atom. The maximum atomic E-state index is 12.3. The molecular formula is C18H23N3O3S. The molecule has 2 N–H and O–H groups in total. The van der Waals surface area contributed by atoms with E-state index in [1.165, 1.54) is 17.2 Å². The molecule has 0 fully saturated rings. The SMILES string of the molecule is CN(C)C/C=C/S(=O)(=O)NC(=O)Nc1c2c(cc3c1CCC3)CC=C2. The molecule has 134 valence electrons. The van der Waals surface area contributed by atoms with Crippen LogP contribution in [-0.4, -0.2) is 40.0 Å². The van der Waals surface area contributed by atoms with Gasteiger partial charge in [-0.05, 0) is 56.5 Å². The Balaban J connectivity index is 1.76. The van der Waals surface area contributed by atoms with E-state index in [-0.39, 0.29) is 0 Å². The van der Waals surface area contributed by atoms with Gasteiger partial charge in [-0.25, -0.2) is 17.9 Å². The van der Waals surface area contributed by atoms with Crippen LogP contribution in [0.1, 0.15) is 28.7 Å². The number of fused-ring (bicyclic) bond motifs is 2. The van der Waals surface area contributed by atoms with Crippen LogP contribution in [0.5, 0.6) is 0 Å². The molecule has 0 saturated carbocycles. The summed E-state index contributed by atoms with van der Waals surface area (Å²) in [5.41, 5.74) is 5.32. The molecule has 0 saturated heterocycles. The Morgan fingerprint density at radius 1 is 1.28 bits per heavy atom. The smallest absolute Gasteiger partial charge is 0.306 e. The summed E-state index contributed by atoms with van der Waals surface area (Å²) in [6.07, 6.45) is 9.37. The van der Waals surface area contributed by atoms with Gasteiger partial charge in [0.2, 0.25) is 0 Å². The van der Waals surface area contributed by atoms with E-state index in [4.69, 9.17) is 0 Å². The maximum Gasteiger partial charge on any atom is 0.333 e. The van der Waals surface area contributed by atoms with Gasteiger partial charge in [0.1, 0.15) is 0 Å². The molecule has 6 nitrogen and oxygen atoms in total. The monoisotopic (exact) mass is 361 g/mol. The first-order chi connectivity index (χ1) is 11.9. The number of hydrogen-bond donors (Lipinski definition) is 2. The van der Waals surface area contributed by atoms with Gasteiger partial charge < -0.3 is 10.2 Å². The second-order valence-corrected chi connectivity index (χ2v) is 8.22. The number of carbonyl (C=O) groups excluding carboxylic acids is 1. The lowest BCUT2D eigenvalue weighted by atomic mass is 9.98. The highest BCUT2D eigenvalue weighted by Crippen LogP contribution is 2.37. The molecule has 2 amide bonds. The molecule has 0 radical (unpaired) electrons. The second-order valence-electron chi connectivity index (χ2n) is 6.66. The van der Waals surface area contributed by atoms with Crippen molar-refractivity contribution < 1.29 is 13.2 Å². The Hall–Kier alpha value is -2.12. The Bertz CT molecular complexity index is 854. The number of nitrogens with one attached hydrogen (secondary N) is 2. The number of amides is 2. The maximum absolute atomic E-state index is 12.3. The number of urea groups is 1. The van der Waals surface area contributed by atoms with E-state index in [9.17, 15) is 13.2 Å². The lowest BCUT2D eigenvalue weighted by molar-refractivity contribution is 0.256. The van der Waals surface area contributed by atoms with Crippen molar-refractivity contribution in [2.24, 2.45) is 0 Å². The Labute approximate surface area is 148 Å². The number of sulfonamides is 1. The van der Waals surface area contributed by atoms with Crippen molar-refractivity contribution in [2.75, 3.05) is 26.0 Å². The standard InChI is InChI=1S/C18H23N3O3S/c1-21(2)10-5-11-25(23,24)20-18(22)19-17-15-8-3-6-13(15)12-14-7-4-9-16(14)17/h3,5,8,11-12H,4,6-7,9-10H2,1-2H3,(H2,19,20,22)/b11-5+. The largest absolute Gasteiger partial charge is 0.333 e. The van der Waals surface area contributed by atoms with Crippen LogP contribution in [-0.2, 0) is 29.3 Å². The number of rotatable bonds is 5. The topological polar surface area (TPSA) is 78.5 Å². The molecule has 0 bridgehead atoms. The van der Waals surface area contributed by atoms with Gasteiger partial charge in [-0.1, -0.05) is 24.3 Å². The van der Waals surface area contributed by atoms with Gasteiger partial charge in [-0.15, -0.1) is 0 Å². The highest BCUT2D eigenvalue weighted by atomic mass is 32.2. The highest BCUT2D eigenvalue weighted by Gasteiger charge is 2.23. The van der Waals surface area contributed by atoms with Crippen LogP contribution >= 0.6 is 0 Å². The molecule has 1 aromatic carbocycles. The van der Waals surface area contributed by atoms with Crippen molar-refractivity contribution in [2.45, 2.75) is 25.7 Å². The molecular weight excluding hydrogens is 338 g/mol. The number of anilines is 1. The lowest BCUT2D eigenvalue weighted by Gasteiger charge is -2.15. The van der Waals surface area contributed by atoms with Crippen LogP contribution in [0.3, 0.4) is 0 Å². The minimum atomic E-state index is -3.81. The van der Waals surface area contributed by atoms with E-state index in [2.05, 4.69) is 22.2 Å². The summed E-state index contributed by atoms with van der Waals surface area (Å²) >= 11 is 0. The van der Waals surface area contributed by atoms with Crippen LogP contribution in [0.4, 0.5) is 10.5 Å². The first kappa shape index (κ1) is 17.7. The molecule has 0 spiro atoms. The van der Waals surface area contributed by atoms with E-state index in [0.29, 0.717) is 6.54 Å². The first-order valence-corrected chi connectivity index (χ1v) is 9.89. The number of carbonyl (C=O) groups is 1. The van der Waals surface area contributed by atoms with Crippen LogP contribution in [0.2, 0.25) is 0 Å². The highest BCUT2D eigenvalue weighted by molar-refractivity contribution is 7.92. The molecule has 1 aromatic rings. The molecule has 7 heteroatoms. The minimum absolute atomic E-state index is 0.479. The number of benzene rings is 1.